The molecule has 1 amide bonds. The van der Waals surface area contributed by atoms with E-state index in [9.17, 15) is 14.9 Å². The Morgan fingerprint density at radius 1 is 1.17 bits per heavy atom. The number of pyridine rings is 2. The summed E-state index contributed by atoms with van der Waals surface area (Å²) in [5, 5.41) is 10.2. The van der Waals surface area contributed by atoms with E-state index in [0.717, 1.165) is 0 Å². The second-order valence-corrected chi connectivity index (χ2v) is 8.70. The van der Waals surface area contributed by atoms with Gasteiger partial charge in [0.25, 0.3) is 5.56 Å². The van der Waals surface area contributed by atoms with Crippen LogP contribution in [0.15, 0.2) is 90.0 Å². The molecule has 8 nitrogen and oxygen atoms in total. The van der Waals surface area contributed by atoms with Crippen LogP contribution in [0.5, 0.6) is 0 Å². The van der Waals surface area contributed by atoms with Crippen molar-refractivity contribution in [1.82, 2.24) is 9.55 Å². The number of aromatic nitrogens is 2. The highest BCUT2D eigenvalue weighted by molar-refractivity contribution is 5.90. The lowest BCUT2D eigenvalue weighted by Gasteiger charge is -2.25. The van der Waals surface area contributed by atoms with Crippen LogP contribution in [0.2, 0.25) is 0 Å². The Hall–Kier alpha value is -4.48. The van der Waals surface area contributed by atoms with Crippen molar-refractivity contribution in [3.8, 4) is 23.0 Å². The molecule has 0 bridgehead atoms. The van der Waals surface area contributed by atoms with Gasteiger partial charge in [-0.2, -0.15) is 5.26 Å². The molecule has 1 aliphatic carbocycles. The van der Waals surface area contributed by atoms with Gasteiger partial charge in [0.1, 0.15) is 11.5 Å². The molecule has 2 atom stereocenters. The standard InChI is InChI=1S/C28H24N4O4/c1-35-18-23-17-32(27(34)36-23)22-9-7-8-21(15-22)31-16-20(25-10-3-6-13-30-25)14-24(26(31)33)28(19-29)11-4-2-5-12-28/h2-11,13-16,23H,12,17-18H2,1H3. The lowest BCUT2D eigenvalue weighted by Crippen LogP contribution is -2.34. The summed E-state index contributed by atoms with van der Waals surface area (Å²) in [5.74, 6) is 0. The predicted octanol–water partition coefficient (Wildman–Crippen LogP) is 4.15. The molecule has 0 saturated carbocycles. The summed E-state index contributed by atoms with van der Waals surface area (Å²) < 4.78 is 12.0. The van der Waals surface area contributed by atoms with Crippen LogP contribution in [0.25, 0.3) is 16.9 Å². The number of carbonyl (C=O) groups excluding carboxylic acids is 1. The van der Waals surface area contributed by atoms with Gasteiger partial charge >= 0.3 is 6.09 Å². The zero-order chi connectivity index (χ0) is 25.1. The Bertz CT molecular complexity index is 1450. The summed E-state index contributed by atoms with van der Waals surface area (Å²) in [7, 11) is 1.56. The van der Waals surface area contributed by atoms with Crippen LogP contribution in [0.4, 0.5) is 10.5 Å². The highest BCUT2D eigenvalue weighted by Crippen LogP contribution is 2.33. The number of benzene rings is 1. The van der Waals surface area contributed by atoms with Gasteiger partial charge in [-0.3, -0.25) is 19.2 Å². The third kappa shape index (κ3) is 4.21. The Morgan fingerprint density at radius 3 is 2.75 bits per heavy atom. The van der Waals surface area contributed by atoms with Crippen molar-refractivity contribution in [3.05, 3.63) is 101 Å². The molecule has 0 N–H and O–H groups in total. The molecule has 2 aliphatic rings. The van der Waals surface area contributed by atoms with E-state index >= 15 is 0 Å². The third-order valence-corrected chi connectivity index (χ3v) is 6.37. The maximum atomic E-state index is 13.9. The summed E-state index contributed by atoms with van der Waals surface area (Å²) in [6.07, 6.45) is 10.3. The smallest absolute Gasteiger partial charge is 0.414 e. The molecule has 180 valence electrons. The summed E-state index contributed by atoms with van der Waals surface area (Å²) in [6.45, 7) is 0.647. The van der Waals surface area contributed by atoms with Crippen molar-refractivity contribution in [2.24, 2.45) is 0 Å². The van der Waals surface area contributed by atoms with E-state index in [1.165, 1.54) is 9.47 Å². The first-order valence-electron chi connectivity index (χ1n) is 11.6. The fourth-order valence-electron chi connectivity index (χ4n) is 4.55. The Morgan fingerprint density at radius 2 is 2.03 bits per heavy atom. The van der Waals surface area contributed by atoms with Gasteiger partial charge in [-0.05, 0) is 42.8 Å². The number of allylic oxidation sites excluding steroid dienone is 4. The summed E-state index contributed by atoms with van der Waals surface area (Å²) in [5.41, 5.74) is 1.49. The molecule has 1 saturated heterocycles. The van der Waals surface area contributed by atoms with Crippen LogP contribution in [-0.2, 0) is 14.9 Å². The molecule has 8 heteroatoms. The third-order valence-electron chi connectivity index (χ3n) is 6.37. The SMILES string of the molecule is COCC1CN(c2cccc(-n3cc(-c4ccccn4)cc(C4(C#N)C=CC=CC4)c3=O)c2)C(=O)O1. The Kier molecular flexibility index (Phi) is 6.23. The number of hydrogen-bond acceptors (Lipinski definition) is 6. The first-order valence-corrected chi connectivity index (χ1v) is 11.6. The molecule has 3 aromatic rings. The molecule has 1 aromatic carbocycles. The average Bonchev–Trinajstić information content (AvgIpc) is 3.30. The van der Waals surface area contributed by atoms with Gasteiger partial charge < -0.3 is 9.47 Å². The number of amides is 1. The fraction of sp³-hybridized carbons (Fsp3) is 0.214. The zero-order valence-electron chi connectivity index (χ0n) is 19.7. The van der Waals surface area contributed by atoms with E-state index in [1.54, 1.807) is 62.0 Å². The van der Waals surface area contributed by atoms with E-state index in [-0.39, 0.29) is 11.7 Å². The van der Waals surface area contributed by atoms with Crippen LogP contribution in [0, 0.1) is 11.3 Å². The molecule has 36 heavy (non-hydrogen) atoms. The Labute approximate surface area is 208 Å². The number of hydrogen-bond donors (Lipinski definition) is 0. The molecule has 0 spiro atoms. The minimum atomic E-state index is -1.10. The van der Waals surface area contributed by atoms with Crippen LogP contribution in [-0.4, -0.2) is 42.0 Å². The quantitative estimate of drug-likeness (QED) is 0.526. The lowest BCUT2D eigenvalue weighted by molar-refractivity contribution is 0.0718. The molecule has 2 unspecified atom stereocenters. The maximum absolute atomic E-state index is 13.9. The van der Waals surface area contributed by atoms with E-state index in [4.69, 9.17) is 9.47 Å². The molecule has 1 fully saturated rings. The van der Waals surface area contributed by atoms with Gasteiger partial charge in [-0.25, -0.2) is 4.79 Å². The van der Waals surface area contributed by atoms with Gasteiger partial charge in [0.2, 0.25) is 0 Å². The van der Waals surface area contributed by atoms with E-state index in [1.807, 2.05) is 30.4 Å². The number of nitrogens with zero attached hydrogens (tertiary/aromatic N) is 4. The van der Waals surface area contributed by atoms with Crippen LogP contribution in [0.1, 0.15) is 12.0 Å². The van der Waals surface area contributed by atoms with Gasteiger partial charge in [0.05, 0.1) is 30.6 Å². The zero-order valence-corrected chi connectivity index (χ0v) is 19.7. The number of cyclic esters (lactones) is 1. The molecule has 5 rings (SSSR count). The first kappa shape index (κ1) is 23.3. The lowest BCUT2D eigenvalue weighted by atomic mass is 9.77. The van der Waals surface area contributed by atoms with Crippen molar-refractivity contribution in [2.75, 3.05) is 25.2 Å². The van der Waals surface area contributed by atoms with Crippen molar-refractivity contribution >= 4 is 11.8 Å². The molecule has 3 heterocycles. The first-order chi connectivity index (χ1) is 17.5. The summed E-state index contributed by atoms with van der Waals surface area (Å²) in [4.78, 5) is 32.3. The van der Waals surface area contributed by atoms with Gasteiger partial charge in [-0.15, -0.1) is 0 Å². The number of carbonyl (C=O) groups is 1. The normalized spacial score (nSPS) is 20.8. The minimum absolute atomic E-state index is 0.301. The molecule has 1 aliphatic heterocycles. The van der Waals surface area contributed by atoms with Gasteiger partial charge in [0.15, 0.2) is 0 Å². The number of nitriles is 1. The van der Waals surface area contributed by atoms with E-state index in [2.05, 4.69) is 11.1 Å². The Balaban J connectivity index is 1.65. The van der Waals surface area contributed by atoms with E-state index < -0.39 is 11.5 Å². The average molecular weight is 481 g/mol. The van der Waals surface area contributed by atoms with Gasteiger partial charge in [-0.1, -0.05) is 36.4 Å². The van der Waals surface area contributed by atoms with Crippen LogP contribution >= 0.6 is 0 Å². The number of anilines is 1. The number of methoxy groups -OCH3 is 1. The van der Waals surface area contributed by atoms with Crippen molar-refractivity contribution in [1.29, 1.82) is 5.26 Å². The monoisotopic (exact) mass is 480 g/mol. The second-order valence-electron chi connectivity index (χ2n) is 8.70. The molecule has 0 radical (unpaired) electrons. The van der Waals surface area contributed by atoms with E-state index in [0.29, 0.717) is 47.8 Å². The topological polar surface area (TPSA) is 97.5 Å². The van der Waals surface area contributed by atoms with Crippen LogP contribution in [0.3, 0.4) is 0 Å². The van der Waals surface area contributed by atoms with Crippen molar-refractivity contribution in [2.45, 2.75) is 17.9 Å². The predicted molar refractivity (Wildman–Crippen MR) is 135 cm³/mol. The number of ether oxygens (including phenoxy) is 2. The van der Waals surface area contributed by atoms with Crippen molar-refractivity contribution in [3.63, 3.8) is 0 Å². The molecule has 2 aromatic heterocycles. The minimum Gasteiger partial charge on any atom is -0.441 e. The van der Waals surface area contributed by atoms with Crippen LogP contribution < -0.4 is 10.5 Å². The highest BCUT2D eigenvalue weighted by atomic mass is 16.6. The summed E-state index contributed by atoms with van der Waals surface area (Å²) in [6, 6.07) is 16.8. The summed E-state index contributed by atoms with van der Waals surface area (Å²) >= 11 is 0. The van der Waals surface area contributed by atoms with Crippen molar-refractivity contribution < 1.29 is 14.3 Å². The highest BCUT2D eigenvalue weighted by Gasteiger charge is 2.34. The largest absolute Gasteiger partial charge is 0.441 e. The molecular formula is C28H24N4O4. The maximum Gasteiger partial charge on any atom is 0.414 e. The second kappa shape index (κ2) is 9.64. The number of rotatable bonds is 6. The fourth-order valence-corrected chi connectivity index (χ4v) is 4.55. The molecular weight excluding hydrogens is 456 g/mol. The van der Waals surface area contributed by atoms with Gasteiger partial charge in [0, 0.05) is 36.3 Å².